The van der Waals surface area contributed by atoms with Crippen LogP contribution in [0.4, 0.5) is 0 Å². The summed E-state index contributed by atoms with van der Waals surface area (Å²) in [5, 5.41) is 12.1. The molecule has 0 bridgehead atoms. The maximum atomic E-state index is 12.4. The Kier molecular flexibility index (Phi) is 4.83. The molecule has 1 saturated heterocycles. The average molecular weight is 330 g/mol. The van der Waals surface area contributed by atoms with Crippen LogP contribution in [0.15, 0.2) is 24.3 Å². The van der Waals surface area contributed by atoms with Gasteiger partial charge in [-0.25, -0.2) is 4.79 Å². The first-order chi connectivity index (χ1) is 11.6. The molecule has 128 valence electrons. The van der Waals surface area contributed by atoms with Crippen molar-refractivity contribution in [2.75, 3.05) is 13.1 Å². The first kappa shape index (κ1) is 16.5. The third-order valence-electron chi connectivity index (χ3n) is 5.00. The van der Waals surface area contributed by atoms with E-state index in [0.29, 0.717) is 25.9 Å². The molecule has 6 nitrogen and oxygen atoms in total. The molecule has 0 spiro atoms. The fourth-order valence-electron chi connectivity index (χ4n) is 3.29. The number of carbonyl (C=O) groups excluding carboxylic acids is 2. The zero-order valence-corrected chi connectivity index (χ0v) is 13.5. The summed E-state index contributed by atoms with van der Waals surface area (Å²) in [5.41, 5.74) is 0.186. The Balaban J connectivity index is 1.55. The number of likely N-dealkylation sites (tertiary alicyclic amines) is 1. The van der Waals surface area contributed by atoms with E-state index >= 15 is 0 Å². The molecule has 1 saturated carbocycles. The third-order valence-corrected chi connectivity index (χ3v) is 5.00. The van der Waals surface area contributed by atoms with Crippen LogP contribution in [0.25, 0.3) is 0 Å². The van der Waals surface area contributed by atoms with Crippen molar-refractivity contribution in [3.05, 3.63) is 35.4 Å². The van der Waals surface area contributed by atoms with Crippen molar-refractivity contribution in [2.45, 2.75) is 38.1 Å². The Morgan fingerprint density at radius 3 is 2.17 bits per heavy atom. The van der Waals surface area contributed by atoms with Crippen LogP contribution in [0, 0.1) is 5.92 Å². The van der Waals surface area contributed by atoms with Gasteiger partial charge in [-0.1, -0.05) is 18.6 Å². The van der Waals surface area contributed by atoms with Gasteiger partial charge in [0.1, 0.15) is 0 Å². The van der Waals surface area contributed by atoms with Crippen LogP contribution in [0.5, 0.6) is 0 Å². The Morgan fingerprint density at radius 2 is 1.62 bits per heavy atom. The monoisotopic (exact) mass is 330 g/mol. The predicted molar refractivity (Wildman–Crippen MR) is 87.8 cm³/mol. The SMILES string of the molecule is O=C(O)c1ccccc1C(=O)NC1CCN(C(=O)C2CCC2)CC1. The lowest BCUT2D eigenvalue weighted by Gasteiger charge is -2.36. The minimum atomic E-state index is -1.11. The molecule has 1 aliphatic heterocycles. The number of hydrogen-bond acceptors (Lipinski definition) is 3. The van der Waals surface area contributed by atoms with Gasteiger partial charge in [0.15, 0.2) is 0 Å². The van der Waals surface area contributed by atoms with E-state index in [0.717, 1.165) is 19.3 Å². The highest BCUT2D eigenvalue weighted by molar-refractivity contribution is 6.04. The number of nitrogens with one attached hydrogen (secondary N) is 1. The molecule has 1 heterocycles. The van der Waals surface area contributed by atoms with Gasteiger partial charge in [0.05, 0.1) is 11.1 Å². The minimum Gasteiger partial charge on any atom is -0.478 e. The van der Waals surface area contributed by atoms with Crippen LogP contribution < -0.4 is 5.32 Å². The van der Waals surface area contributed by atoms with Crippen LogP contribution >= 0.6 is 0 Å². The normalized spacial score (nSPS) is 18.8. The summed E-state index contributed by atoms with van der Waals surface area (Å²) in [7, 11) is 0. The smallest absolute Gasteiger partial charge is 0.336 e. The largest absolute Gasteiger partial charge is 0.478 e. The highest BCUT2D eigenvalue weighted by Crippen LogP contribution is 2.29. The van der Waals surface area contributed by atoms with Gasteiger partial charge in [0, 0.05) is 25.0 Å². The van der Waals surface area contributed by atoms with E-state index in [1.165, 1.54) is 12.1 Å². The molecular weight excluding hydrogens is 308 g/mol. The van der Waals surface area contributed by atoms with Crippen LogP contribution in [-0.4, -0.2) is 46.9 Å². The molecule has 2 aliphatic rings. The molecule has 1 aromatic rings. The molecule has 6 heteroatoms. The molecular formula is C18H22N2O4. The second kappa shape index (κ2) is 7.03. The Hall–Kier alpha value is -2.37. The fraction of sp³-hybridized carbons (Fsp3) is 0.500. The first-order valence-electron chi connectivity index (χ1n) is 8.48. The fourth-order valence-corrected chi connectivity index (χ4v) is 3.29. The van der Waals surface area contributed by atoms with Gasteiger partial charge < -0.3 is 15.3 Å². The molecule has 1 aromatic carbocycles. The number of aromatic carboxylic acids is 1. The number of carboxylic acid groups (broad SMARTS) is 1. The lowest BCUT2D eigenvalue weighted by molar-refractivity contribution is -0.139. The Labute approximate surface area is 140 Å². The molecule has 0 atom stereocenters. The molecule has 0 radical (unpaired) electrons. The predicted octanol–water partition coefficient (Wildman–Crippen LogP) is 1.91. The second-order valence-electron chi connectivity index (χ2n) is 6.55. The van der Waals surface area contributed by atoms with Crippen molar-refractivity contribution in [1.29, 1.82) is 0 Å². The van der Waals surface area contributed by atoms with Gasteiger partial charge in [-0.05, 0) is 37.8 Å². The van der Waals surface area contributed by atoms with Crippen LogP contribution in [-0.2, 0) is 4.79 Å². The Bertz CT molecular complexity index is 646. The maximum absolute atomic E-state index is 12.4. The molecule has 2 fully saturated rings. The second-order valence-corrected chi connectivity index (χ2v) is 6.55. The third kappa shape index (κ3) is 3.42. The summed E-state index contributed by atoms with van der Waals surface area (Å²) in [6.07, 6.45) is 4.56. The van der Waals surface area contributed by atoms with Crippen LogP contribution in [0.3, 0.4) is 0 Å². The standard InChI is InChI=1S/C18H22N2O4/c21-16(14-6-1-2-7-15(14)18(23)24)19-13-8-10-20(11-9-13)17(22)12-4-3-5-12/h1-2,6-7,12-13H,3-5,8-11H2,(H,19,21)(H,23,24). The van der Waals surface area contributed by atoms with Gasteiger partial charge >= 0.3 is 5.97 Å². The van der Waals surface area contributed by atoms with E-state index in [1.807, 2.05) is 4.90 Å². The van der Waals surface area contributed by atoms with E-state index in [9.17, 15) is 19.5 Å². The van der Waals surface area contributed by atoms with E-state index in [4.69, 9.17) is 0 Å². The van der Waals surface area contributed by atoms with Gasteiger partial charge in [-0.2, -0.15) is 0 Å². The molecule has 0 aromatic heterocycles. The minimum absolute atomic E-state index is 0.00703. The van der Waals surface area contributed by atoms with Crippen molar-refractivity contribution in [3.63, 3.8) is 0 Å². The number of hydrogen-bond donors (Lipinski definition) is 2. The number of rotatable bonds is 4. The molecule has 24 heavy (non-hydrogen) atoms. The summed E-state index contributed by atoms with van der Waals surface area (Å²) < 4.78 is 0. The van der Waals surface area contributed by atoms with Gasteiger partial charge in [-0.3, -0.25) is 9.59 Å². The summed E-state index contributed by atoms with van der Waals surface area (Å²) in [6.45, 7) is 1.31. The van der Waals surface area contributed by atoms with Crippen molar-refractivity contribution >= 4 is 17.8 Å². The molecule has 0 unspecified atom stereocenters. The highest BCUT2D eigenvalue weighted by atomic mass is 16.4. The number of carboxylic acids is 1. The first-order valence-corrected chi connectivity index (χ1v) is 8.48. The average Bonchev–Trinajstić information content (AvgIpc) is 2.53. The summed E-state index contributed by atoms with van der Waals surface area (Å²) in [6, 6.07) is 6.18. The number of amides is 2. The van der Waals surface area contributed by atoms with Crippen molar-refractivity contribution in [3.8, 4) is 0 Å². The summed E-state index contributed by atoms with van der Waals surface area (Å²) in [4.78, 5) is 37.7. The van der Waals surface area contributed by atoms with Crippen molar-refractivity contribution in [1.82, 2.24) is 10.2 Å². The van der Waals surface area contributed by atoms with Gasteiger partial charge in [-0.15, -0.1) is 0 Å². The lowest BCUT2D eigenvalue weighted by atomic mass is 9.84. The molecule has 2 amide bonds. The number of nitrogens with zero attached hydrogens (tertiary/aromatic N) is 1. The van der Waals surface area contributed by atoms with Crippen molar-refractivity contribution in [2.24, 2.45) is 5.92 Å². The zero-order valence-electron chi connectivity index (χ0n) is 13.5. The van der Waals surface area contributed by atoms with E-state index in [2.05, 4.69) is 5.32 Å². The quantitative estimate of drug-likeness (QED) is 0.883. The van der Waals surface area contributed by atoms with Crippen molar-refractivity contribution < 1.29 is 19.5 Å². The van der Waals surface area contributed by atoms with E-state index < -0.39 is 5.97 Å². The maximum Gasteiger partial charge on any atom is 0.336 e. The molecule has 3 rings (SSSR count). The van der Waals surface area contributed by atoms with Crippen LogP contribution in [0.1, 0.15) is 52.8 Å². The van der Waals surface area contributed by atoms with E-state index in [-0.39, 0.29) is 34.9 Å². The van der Waals surface area contributed by atoms with E-state index in [1.54, 1.807) is 12.1 Å². The zero-order chi connectivity index (χ0) is 17.1. The summed E-state index contributed by atoms with van der Waals surface area (Å²) >= 11 is 0. The number of carbonyl (C=O) groups is 3. The lowest BCUT2D eigenvalue weighted by Crippen LogP contribution is -2.49. The Morgan fingerprint density at radius 1 is 1.00 bits per heavy atom. The number of benzene rings is 1. The van der Waals surface area contributed by atoms with Gasteiger partial charge in [0.25, 0.3) is 5.91 Å². The summed E-state index contributed by atoms with van der Waals surface area (Å²) in [5.74, 6) is -1.01. The molecule has 2 N–H and O–H groups in total. The van der Waals surface area contributed by atoms with Gasteiger partial charge in [0.2, 0.25) is 5.91 Å². The highest BCUT2D eigenvalue weighted by Gasteiger charge is 2.32. The topological polar surface area (TPSA) is 86.7 Å². The molecule has 1 aliphatic carbocycles. The number of piperidine rings is 1. The van der Waals surface area contributed by atoms with Crippen LogP contribution in [0.2, 0.25) is 0 Å².